The molecule has 0 nitrogen and oxygen atoms in total. The number of hydrogen-bond acceptors (Lipinski definition) is 1. The molecule has 0 fully saturated rings. The molecule has 2 aromatic carbocycles. The molecular formula is C20H17ClS. The molecule has 0 saturated carbocycles. The van der Waals surface area contributed by atoms with Gasteiger partial charge < -0.3 is 0 Å². The van der Waals surface area contributed by atoms with Gasteiger partial charge in [-0.2, -0.15) is 0 Å². The predicted molar refractivity (Wildman–Crippen MR) is 99.5 cm³/mol. The van der Waals surface area contributed by atoms with Crippen molar-refractivity contribution in [1.82, 2.24) is 0 Å². The van der Waals surface area contributed by atoms with Crippen molar-refractivity contribution in [3.8, 4) is 21.6 Å². The van der Waals surface area contributed by atoms with E-state index in [0.717, 1.165) is 11.4 Å². The number of benzene rings is 2. The van der Waals surface area contributed by atoms with Gasteiger partial charge in [0.1, 0.15) is 0 Å². The molecule has 0 bridgehead atoms. The Morgan fingerprint density at radius 1 is 1.00 bits per heavy atom. The molecule has 0 aliphatic carbocycles. The summed E-state index contributed by atoms with van der Waals surface area (Å²) >= 11 is 7.80. The fourth-order valence-corrected chi connectivity index (χ4v) is 3.75. The average Bonchev–Trinajstić information content (AvgIpc) is 3.01. The van der Waals surface area contributed by atoms with E-state index in [1.807, 2.05) is 18.2 Å². The smallest absolute Gasteiger partial charge is 0.0406 e. The van der Waals surface area contributed by atoms with Crippen LogP contribution in [0, 0.1) is 0 Å². The standard InChI is InChI=1S/C20H17ClS/c1-3-14(2)20-18(15-7-5-4-6-8-15)13-19(22-20)16-9-11-17(21)12-10-16/h4-13H,2-3H2,1H3. The lowest BCUT2D eigenvalue weighted by molar-refractivity contribution is 1.26. The van der Waals surface area contributed by atoms with Gasteiger partial charge in [0.25, 0.3) is 0 Å². The molecule has 1 aromatic heterocycles. The Balaban J connectivity index is 2.13. The van der Waals surface area contributed by atoms with E-state index in [1.54, 1.807) is 11.3 Å². The first-order chi connectivity index (χ1) is 10.7. The van der Waals surface area contributed by atoms with Crippen molar-refractivity contribution in [2.24, 2.45) is 0 Å². The van der Waals surface area contributed by atoms with Crippen LogP contribution in [0.4, 0.5) is 0 Å². The second kappa shape index (κ2) is 6.51. The molecule has 0 radical (unpaired) electrons. The number of allylic oxidation sites excluding steroid dienone is 1. The molecular weight excluding hydrogens is 308 g/mol. The topological polar surface area (TPSA) is 0 Å². The molecule has 1 heterocycles. The van der Waals surface area contributed by atoms with Crippen molar-refractivity contribution in [3.05, 3.63) is 77.1 Å². The zero-order chi connectivity index (χ0) is 15.5. The van der Waals surface area contributed by atoms with E-state index in [2.05, 4.69) is 56.0 Å². The van der Waals surface area contributed by atoms with E-state index >= 15 is 0 Å². The molecule has 0 aliphatic heterocycles. The molecule has 0 saturated heterocycles. The van der Waals surface area contributed by atoms with Crippen LogP contribution >= 0.6 is 22.9 Å². The number of rotatable bonds is 4. The minimum absolute atomic E-state index is 0.766. The van der Waals surface area contributed by atoms with Crippen LogP contribution in [-0.2, 0) is 0 Å². The van der Waals surface area contributed by atoms with Gasteiger partial charge in [-0.15, -0.1) is 11.3 Å². The quantitative estimate of drug-likeness (QED) is 0.477. The average molecular weight is 325 g/mol. The second-order valence-corrected chi connectivity index (χ2v) is 6.67. The predicted octanol–water partition coefficient (Wildman–Crippen LogP) is 7.16. The highest BCUT2D eigenvalue weighted by atomic mass is 35.5. The van der Waals surface area contributed by atoms with E-state index in [0.29, 0.717) is 0 Å². The van der Waals surface area contributed by atoms with Gasteiger partial charge in [0.15, 0.2) is 0 Å². The molecule has 0 atom stereocenters. The van der Waals surface area contributed by atoms with Crippen molar-refractivity contribution in [3.63, 3.8) is 0 Å². The molecule has 0 unspecified atom stereocenters. The van der Waals surface area contributed by atoms with Gasteiger partial charge in [0.05, 0.1) is 0 Å². The minimum atomic E-state index is 0.766. The maximum absolute atomic E-state index is 5.99. The Hall–Kier alpha value is -1.83. The number of hydrogen-bond donors (Lipinski definition) is 0. The summed E-state index contributed by atoms with van der Waals surface area (Å²) in [4.78, 5) is 2.53. The summed E-state index contributed by atoms with van der Waals surface area (Å²) in [6.07, 6.45) is 0.959. The second-order valence-electron chi connectivity index (χ2n) is 5.18. The Labute approximate surface area is 140 Å². The van der Waals surface area contributed by atoms with E-state index in [1.165, 1.54) is 32.0 Å². The largest absolute Gasteiger partial charge is 0.135 e. The SMILES string of the molecule is C=C(CC)c1sc(-c2ccc(Cl)cc2)cc1-c1ccccc1. The molecule has 110 valence electrons. The zero-order valence-corrected chi connectivity index (χ0v) is 14.0. The van der Waals surface area contributed by atoms with Crippen molar-refractivity contribution >= 4 is 28.5 Å². The molecule has 0 N–H and O–H groups in total. The van der Waals surface area contributed by atoms with E-state index < -0.39 is 0 Å². The van der Waals surface area contributed by atoms with Crippen molar-refractivity contribution < 1.29 is 0 Å². The maximum Gasteiger partial charge on any atom is 0.0406 e. The molecule has 2 heteroatoms. The number of thiophene rings is 1. The maximum atomic E-state index is 5.99. The highest BCUT2D eigenvalue weighted by Gasteiger charge is 2.13. The normalized spacial score (nSPS) is 10.6. The van der Waals surface area contributed by atoms with Gasteiger partial charge >= 0.3 is 0 Å². The highest BCUT2D eigenvalue weighted by molar-refractivity contribution is 7.17. The zero-order valence-electron chi connectivity index (χ0n) is 12.5. The van der Waals surface area contributed by atoms with Crippen LogP contribution < -0.4 is 0 Å². The molecule has 0 aliphatic rings. The summed E-state index contributed by atoms with van der Waals surface area (Å²) in [6, 6.07) is 20.8. The summed E-state index contributed by atoms with van der Waals surface area (Å²) in [5.41, 5.74) is 4.89. The Morgan fingerprint density at radius 2 is 1.68 bits per heavy atom. The van der Waals surface area contributed by atoms with Crippen LogP contribution in [0.25, 0.3) is 27.1 Å². The van der Waals surface area contributed by atoms with Crippen LogP contribution in [0.3, 0.4) is 0 Å². The first-order valence-electron chi connectivity index (χ1n) is 7.32. The first kappa shape index (κ1) is 15.1. The third-order valence-corrected chi connectivity index (χ3v) is 5.23. The van der Waals surface area contributed by atoms with Gasteiger partial charge in [0, 0.05) is 20.3 Å². The van der Waals surface area contributed by atoms with Gasteiger partial charge in [-0.1, -0.05) is 67.6 Å². The molecule has 0 amide bonds. The monoisotopic (exact) mass is 324 g/mol. The number of halogens is 1. The highest BCUT2D eigenvalue weighted by Crippen LogP contribution is 2.41. The molecule has 0 spiro atoms. The van der Waals surface area contributed by atoms with Crippen LogP contribution in [0.1, 0.15) is 18.2 Å². The van der Waals surface area contributed by atoms with Gasteiger partial charge in [-0.25, -0.2) is 0 Å². The summed E-state index contributed by atoms with van der Waals surface area (Å²) in [5.74, 6) is 0. The summed E-state index contributed by atoms with van der Waals surface area (Å²) < 4.78 is 0. The summed E-state index contributed by atoms with van der Waals surface area (Å²) in [5, 5.41) is 0.766. The van der Waals surface area contributed by atoms with Crippen LogP contribution in [0.2, 0.25) is 5.02 Å². The van der Waals surface area contributed by atoms with Gasteiger partial charge in [-0.05, 0) is 41.3 Å². The van der Waals surface area contributed by atoms with Gasteiger partial charge in [-0.3, -0.25) is 0 Å². The lowest BCUT2D eigenvalue weighted by Crippen LogP contribution is -1.80. The van der Waals surface area contributed by atoms with Crippen molar-refractivity contribution in [2.45, 2.75) is 13.3 Å². The lowest BCUT2D eigenvalue weighted by Gasteiger charge is -2.04. The molecule has 3 aromatic rings. The minimum Gasteiger partial charge on any atom is -0.135 e. The fraction of sp³-hybridized carbons (Fsp3) is 0.100. The summed E-state index contributed by atoms with van der Waals surface area (Å²) in [6.45, 7) is 6.39. The lowest BCUT2D eigenvalue weighted by atomic mass is 10.0. The van der Waals surface area contributed by atoms with E-state index in [4.69, 9.17) is 11.6 Å². The van der Waals surface area contributed by atoms with E-state index in [-0.39, 0.29) is 0 Å². The third kappa shape index (κ3) is 3.01. The van der Waals surface area contributed by atoms with Crippen LogP contribution in [0.15, 0.2) is 67.2 Å². The van der Waals surface area contributed by atoms with Gasteiger partial charge in [0.2, 0.25) is 0 Å². The Bertz CT molecular complexity index is 782. The fourth-order valence-electron chi connectivity index (χ4n) is 2.40. The van der Waals surface area contributed by atoms with Crippen molar-refractivity contribution in [2.75, 3.05) is 0 Å². The molecule has 22 heavy (non-hydrogen) atoms. The molecule has 3 rings (SSSR count). The van der Waals surface area contributed by atoms with E-state index in [9.17, 15) is 0 Å². The van der Waals surface area contributed by atoms with Crippen molar-refractivity contribution in [1.29, 1.82) is 0 Å². The van der Waals surface area contributed by atoms with Crippen LogP contribution in [0.5, 0.6) is 0 Å². The Kier molecular flexibility index (Phi) is 4.47. The van der Waals surface area contributed by atoms with Crippen LogP contribution in [-0.4, -0.2) is 0 Å². The Morgan fingerprint density at radius 3 is 2.32 bits per heavy atom. The summed E-state index contributed by atoms with van der Waals surface area (Å²) in [7, 11) is 0. The third-order valence-electron chi connectivity index (χ3n) is 3.69. The first-order valence-corrected chi connectivity index (χ1v) is 8.52.